The lowest BCUT2D eigenvalue weighted by molar-refractivity contribution is -0.118. The first kappa shape index (κ1) is 50.1. The molecule has 8 aromatic rings. The Labute approximate surface area is 413 Å². The lowest BCUT2D eigenvalue weighted by Crippen LogP contribution is -2.20. The summed E-state index contributed by atoms with van der Waals surface area (Å²) >= 11 is 12.0. The van der Waals surface area contributed by atoms with E-state index in [0.717, 1.165) is 60.2 Å². The van der Waals surface area contributed by atoms with Gasteiger partial charge in [0.25, 0.3) is 23.6 Å². The molecule has 360 valence electrons. The van der Waals surface area contributed by atoms with Crippen molar-refractivity contribution in [2.75, 3.05) is 64.5 Å². The molecule has 0 unspecified atom stereocenters. The van der Waals surface area contributed by atoms with E-state index in [2.05, 4.69) is 30.9 Å². The van der Waals surface area contributed by atoms with Crippen LogP contribution < -0.4 is 29.6 Å². The van der Waals surface area contributed by atoms with Crippen LogP contribution in [0.1, 0.15) is 11.1 Å². The maximum atomic E-state index is 12.5. The second kappa shape index (κ2) is 25.0. The van der Waals surface area contributed by atoms with Gasteiger partial charge in [-0.05, 0) is 134 Å². The quantitative estimate of drug-likeness (QED) is 0.105. The van der Waals surface area contributed by atoms with Gasteiger partial charge in [-0.3, -0.25) is 9.59 Å². The van der Waals surface area contributed by atoms with Crippen LogP contribution in [0.5, 0.6) is 23.0 Å². The number of hydrogen-bond acceptors (Lipinski definition) is 14. The highest BCUT2D eigenvalue weighted by Crippen LogP contribution is 2.31. The first-order valence-corrected chi connectivity index (χ1v) is 22.5. The summed E-state index contributed by atoms with van der Waals surface area (Å²) in [6.45, 7) is 6.54. The van der Waals surface area contributed by atoms with Gasteiger partial charge in [0.1, 0.15) is 23.0 Å². The Morgan fingerprint density at radius 1 is 0.529 bits per heavy atom. The highest BCUT2D eigenvalue weighted by atomic mass is 35.5. The van der Waals surface area contributed by atoms with Gasteiger partial charge in [0.05, 0.1) is 63.1 Å². The van der Waals surface area contributed by atoms with E-state index in [4.69, 9.17) is 60.7 Å². The molecule has 2 amide bonds. The predicted octanol–water partition coefficient (Wildman–Crippen LogP) is 10.8. The number of carbonyl (C=O) groups is 2. The Hall–Kier alpha value is -7.76. The van der Waals surface area contributed by atoms with Gasteiger partial charge in [-0.15, -0.1) is 0 Å². The fraction of sp³-hybridized carbons (Fsp3) is 0.192. The molecule has 0 bridgehead atoms. The second-order valence-corrected chi connectivity index (χ2v) is 15.9. The maximum Gasteiger partial charge on any atom is 0.262 e. The molecule has 6 aromatic carbocycles. The van der Waals surface area contributed by atoms with Gasteiger partial charge in [-0.2, -0.15) is 9.97 Å². The molecule has 2 aromatic heterocycles. The molecule has 0 atom stereocenters. The lowest BCUT2D eigenvalue weighted by Gasteiger charge is -2.10. The smallest absolute Gasteiger partial charge is 0.262 e. The molecule has 3 heterocycles. The van der Waals surface area contributed by atoms with Gasteiger partial charge in [0.2, 0.25) is 11.6 Å². The number of methoxy groups -OCH3 is 2. The van der Waals surface area contributed by atoms with Gasteiger partial charge in [0.15, 0.2) is 13.2 Å². The second-order valence-electron chi connectivity index (χ2n) is 15.1. The fourth-order valence-corrected chi connectivity index (χ4v) is 6.70. The number of nitrogens with one attached hydrogen (secondary N) is 2. The first-order chi connectivity index (χ1) is 34.1. The van der Waals surface area contributed by atoms with E-state index in [-0.39, 0.29) is 25.0 Å². The highest BCUT2D eigenvalue weighted by Gasteiger charge is 2.18. The molecular formula is C52H48Cl2N6O10. The number of amides is 2. The fourth-order valence-electron chi connectivity index (χ4n) is 6.46. The van der Waals surface area contributed by atoms with Gasteiger partial charge in [-0.1, -0.05) is 57.8 Å². The third-order valence-corrected chi connectivity index (χ3v) is 11.0. The van der Waals surface area contributed by atoms with Crippen molar-refractivity contribution in [2.45, 2.75) is 13.8 Å². The standard InChI is InChI=1S/2C24H20ClN3O4.C4H8O2/c2*1-15-13-18(11-12-20(15)25)31-14-22(29)26-21-6-4-3-5-19(21)24-27-23(28-32-24)16-7-9-17(30-2)10-8-16;1-2-6-4-3-5-1/h2*3-13H,14H2,1-2H3,(H,26,29);1-4H2. The van der Waals surface area contributed by atoms with E-state index >= 15 is 0 Å². The summed E-state index contributed by atoms with van der Waals surface area (Å²) in [5, 5.41) is 15.1. The van der Waals surface area contributed by atoms with Crippen LogP contribution in [0.2, 0.25) is 10.0 Å². The van der Waals surface area contributed by atoms with Crippen molar-refractivity contribution < 1.29 is 47.1 Å². The number of carbonyl (C=O) groups excluding carboxylic acids is 2. The van der Waals surface area contributed by atoms with Crippen LogP contribution in [0, 0.1) is 13.8 Å². The van der Waals surface area contributed by atoms with E-state index in [0.29, 0.717) is 67.5 Å². The molecule has 1 saturated heterocycles. The average molecular weight is 988 g/mol. The Balaban J connectivity index is 0.000000184. The summed E-state index contributed by atoms with van der Waals surface area (Å²) in [6.07, 6.45) is 0. The van der Waals surface area contributed by atoms with Gasteiger partial charge in [-0.25, -0.2) is 0 Å². The largest absolute Gasteiger partial charge is 0.497 e. The zero-order valence-electron chi connectivity index (χ0n) is 38.6. The zero-order valence-corrected chi connectivity index (χ0v) is 40.1. The first-order valence-electron chi connectivity index (χ1n) is 21.7. The third-order valence-electron chi connectivity index (χ3n) is 10.2. The monoisotopic (exact) mass is 986 g/mol. The van der Waals surface area contributed by atoms with Crippen LogP contribution in [0.3, 0.4) is 0 Å². The van der Waals surface area contributed by atoms with E-state index < -0.39 is 0 Å². The Kier molecular flexibility index (Phi) is 17.9. The van der Waals surface area contributed by atoms with Crippen LogP contribution in [-0.4, -0.2) is 86.0 Å². The van der Waals surface area contributed by atoms with Crippen LogP contribution in [0.4, 0.5) is 11.4 Å². The molecule has 1 aliphatic rings. The van der Waals surface area contributed by atoms with Crippen molar-refractivity contribution in [1.82, 2.24) is 20.3 Å². The SMILES string of the molecule is C1COCCO1.COc1ccc(-c2noc(-c3ccccc3NC(=O)COc3ccc(Cl)c(C)c3)n2)cc1.COc1ccc(-c2noc(-c3ccccc3NC(=O)COc3ccc(Cl)c(C)c3)n2)cc1. The van der Waals surface area contributed by atoms with Crippen LogP contribution in [0.25, 0.3) is 45.7 Å². The zero-order chi connectivity index (χ0) is 49.2. The van der Waals surface area contributed by atoms with E-state index in [9.17, 15) is 9.59 Å². The molecule has 0 aliphatic carbocycles. The Bertz CT molecular complexity index is 2770. The van der Waals surface area contributed by atoms with Crippen molar-refractivity contribution in [3.8, 4) is 68.7 Å². The van der Waals surface area contributed by atoms with Crippen molar-refractivity contribution in [2.24, 2.45) is 0 Å². The summed E-state index contributed by atoms with van der Waals surface area (Å²) in [4.78, 5) is 33.9. The topological polar surface area (TPSA) is 191 Å². The van der Waals surface area contributed by atoms with E-state index in [1.165, 1.54) is 0 Å². The number of nitrogens with zero attached hydrogens (tertiary/aromatic N) is 4. The van der Waals surface area contributed by atoms with Gasteiger partial charge >= 0.3 is 0 Å². The minimum Gasteiger partial charge on any atom is -0.497 e. The molecule has 0 spiro atoms. The summed E-state index contributed by atoms with van der Waals surface area (Å²) < 4.78 is 42.3. The Morgan fingerprint density at radius 2 is 0.900 bits per heavy atom. The maximum absolute atomic E-state index is 12.5. The number of halogens is 2. The van der Waals surface area contributed by atoms with E-state index in [1.54, 1.807) is 74.9 Å². The minimum atomic E-state index is -0.319. The van der Waals surface area contributed by atoms with Gasteiger partial charge < -0.3 is 48.1 Å². The molecule has 0 saturated carbocycles. The molecular weight excluding hydrogens is 940 g/mol. The Morgan fingerprint density at radius 3 is 1.26 bits per heavy atom. The minimum absolute atomic E-state index is 0.156. The highest BCUT2D eigenvalue weighted by molar-refractivity contribution is 6.31. The number of aromatic nitrogens is 4. The molecule has 16 nitrogen and oxygen atoms in total. The molecule has 1 fully saturated rings. The lowest BCUT2D eigenvalue weighted by atomic mass is 10.1. The number of rotatable bonds is 14. The van der Waals surface area contributed by atoms with Crippen LogP contribution in [0.15, 0.2) is 143 Å². The molecule has 1 aliphatic heterocycles. The number of ether oxygens (including phenoxy) is 6. The van der Waals surface area contributed by atoms with Crippen molar-refractivity contribution in [3.63, 3.8) is 0 Å². The van der Waals surface area contributed by atoms with Gasteiger partial charge in [0, 0.05) is 21.2 Å². The molecule has 70 heavy (non-hydrogen) atoms. The van der Waals surface area contributed by atoms with Crippen molar-refractivity contribution in [1.29, 1.82) is 0 Å². The number of aryl methyl sites for hydroxylation is 2. The van der Waals surface area contributed by atoms with Crippen molar-refractivity contribution >= 4 is 46.4 Å². The number of hydrogen-bond donors (Lipinski definition) is 2. The van der Waals surface area contributed by atoms with Crippen molar-refractivity contribution in [3.05, 3.63) is 155 Å². The average Bonchev–Trinajstić information content (AvgIpc) is 4.10. The van der Waals surface area contributed by atoms with E-state index in [1.807, 2.05) is 86.6 Å². The summed E-state index contributed by atoms with van der Waals surface area (Å²) in [6, 6.07) is 39.5. The summed E-state index contributed by atoms with van der Waals surface area (Å²) in [5.74, 6) is 3.42. The molecule has 9 rings (SSSR count). The third kappa shape index (κ3) is 14.1. The molecule has 0 radical (unpaired) electrons. The predicted molar refractivity (Wildman–Crippen MR) is 266 cm³/mol. The molecule has 2 N–H and O–H groups in total. The molecule has 18 heteroatoms. The number of anilines is 2. The normalized spacial score (nSPS) is 11.7. The number of para-hydroxylation sites is 2. The summed E-state index contributed by atoms with van der Waals surface area (Å²) in [5.41, 5.74) is 5.61. The number of benzene rings is 6. The van der Waals surface area contributed by atoms with Crippen LogP contribution >= 0.6 is 23.2 Å². The summed E-state index contributed by atoms with van der Waals surface area (Å²) in [7, 11) is 3.21. The van der Waals surface area contributed by atoms with Crippen LogP contribution in [-0.2, 0) is 19.1 Å².